The molecule has 88 valence electrons. The minimum atomic E-state index is 0.581. The van der Waals surface area contributed by atoms with Crippen LogP contribution in [0.3, 0.4) is 0 Å². The van der Waals surface area contributed by atoms with Gasteiger partial charge in [0.25, 0.3) is 0 Å². The van der Waals surface area contributed by atoms with Gasteiger partial charge in [-0.15, -0.1) is 0 Å². The number of hydrogen-bond acceptors (Lipinski definition) is 3. The summed E-state index contributed by atoms with van der Waals surface area (Å²) in [4.78, 5) is 6.86. The number of nitrogens with zero attached hydrogens (tertiary/aromatic N) is 2. The van der Waals surface area contributed by atoms with Crippen molar-refractivity contribution in [1.29, 1.82) is 0 Å². The zero-order chi connectivity index (χ0) is 11.5. The lowest BCUT2D eigenvalue weighted by molar-refractivity contribution is 0.372. The SMILES string of the molecule is Cc1ccnc(N2CC(CN)CCC2C)c1. The average Bonchev–Trinajstić information content (AvgIpc) is 2.30. The second kappa shape index (κ2) is 4.83. The van der Waals surface area contributed by atoms with Crippen molar-refractivity contribution in [3.63, 3.8) is 0 Å². The molecule has 1 aliphatic rings. The van der Waals surface area contributed by atoms with Crippen LogP contribution in [0.5, 0.6) is 0 Å². The van der Waals surface area contributed by atoms with Crippen LogP contribution in [0.25, 0.3) is 0 Å². The van der Waals surface area contributed by atoms with Crippen molar-refractivity contribution in [1.82, 2.24) is 4.98 Å². The molecule has 0 radical (unpaired) electrons. The molecule has 2 rings (SSSR count). The molecule has 2 N–H and O–H groups in total. The quantitative estimate of drug-likeness (QED) is 0.826. The van der Waals surface area contributed by atoms with E-state index in [0.717, 1.165) is 18.9 Å². The predicted octanol–water partition coefficient (Wildman–Crippen LogP) is 1.95. The Kier molecular flexibility index (Phi) is 3.44. The fraction of sp³-hybridized carbons (Fsp3) is 0.615. The largest absolute Gasteiger partial charge is 0.354 e. The minimum absolute atomic E-state index is 0.581. The Morgan fingerprint density at radius 2 is 2.31 bits per heavy atom. The molecule has 2 unspecified atom stereocenters. The first-order chi connectivity index (χ1) is 7.70. The van der Waals surface area contributed by atoms with Crippen molar-refractivity contribution >= 4 is 5.82 Å². The van der Waals surface area contributed by atoms with Crippen molar-refractivity contribution in [2.75, 3.05) is 18.0 Å². The highest BCUT2D eigenvalue weighted by Gasteiger charge is 2.25. The number of aromatic nitrogens is 1. The van der Waals surface area contributed by atoms with Crippen LogP contribution in [0.15, 0.2) is 18.3 Å². The Hall–Kier alpha value is -1.09. The van der Waals surface area contributed by atoms with Gasteiger partial charge < -0.3 is 10.6 Å². The molecule has 0 amide bonds. The summed E-state index contributed by atoms with van der Waals surface area (Å²) in [6.07, 6.45) is 4.36. The van der Waals surface area contributed by atoms with Gasteiger partial charge >= 0.3 is 0 Å². The lowest BCUT2D eigenvalue weighted by Gasteiger charge is -2.38. The molecular formula is C13H21N3. The van der Waals surface area contributed by atoms with E-state index in [2.05, 4.69) is 29.8 Å². The van der Waals surface area contributed by atoms with Crippen LogP contribution in [-0.2, 0) is 0 Å². The Bertz CT molecular complexity index is 351. The van der Waals surface area contributed by atoms with Crippen molar-refractivity contribution < 1.29 is 0 Å². The second-order valence-corrected chi connectivity index (χ2v) is 4.87. The fourth-order valence-corrected chi connectivity index (χ4v) is 2.37. The van der Waals surface area contributed by atoms with Crippen LogP contribution < -0.4 is 10.6 Å². The summed E-state index contributed by atoms with van der Waals surface area (Å²) in [6, 6.07) is 4.78. The van der Waals surface area contributed by atoms with Gasteiger partial charge in [0.05, 0.1) is 0 Å². The Labute approximate surface area is 97.7 Å². The minimum Gasteiger partial charge on any atom is -0.354 e. The first kappa shape index (κ1) is 11.4. The molecule has 3 heteroatoms. The molecule has 0 saturated carbocycles. The van der Waals surface area contributed by atoms with Crippen LogP contribution in [0.2, 0.25) is 0 Å². The maximum Gasteiger partial charge on any atom is 0.128 e. The van der Waals surface area contributed by atoms with Gasteiger partial charge in [0, 0.05) is 18.8 Å². The first-order valence-corrected chi connectivity index (χ1v) is 6.10. The summed E-state index contributed by atoms with van der Waals surface area (Å²) < 4.78 is 0. The van der Waals surface area contributed by atoms with Gasteiger partial charge in [-0.05, 0) is 56.8 Å². The summed E-state index contributed by atoms with van der Waals surface area (Å²) >= 11 is 0. The van der Waals surface area contributed by atoms with Crippen molar-refractivity contribution in [3.8, 4) is 0 Å². The molecule has 0 bridgehead atoms. The Morgan fingerprint density at radius 1 is 1.50 bits per heavy atom. The van der Waals surface area contributed by atoms with E-state index in [4.69, 9.17) is 5.73 Å². The zero-order valence-corrected chi connectivity index (χ0v) is 10.2. The number of nitrogens with two attached hydrogens (primary N) is 1. The van der Waals surface area contributed by atoms with E-state index in [1.807, 2.05) is 12.3 Å². The van der Waals surface area contributed by atoms with E-state index in [0.29, 0.717) is 12.0 Å². The number of pyridine rings is 1. The van der Waals surface area contributed by atoms with Gasteiger partial charge in [-0.2, -0.15) is 0 Å². The smallest absolute Gasteiger partial charge is 0.128 e. The third-order valence-corrected chi connectivity index (χ3v) is 3.51. The van der Waals surface area contributed by atoms with Crippen LogP contribution in [-0.4, -0.2) is 24.1 Å². The topological polar surface area (TPSA) is 42.2 Å². The number of rotatable bonds is 2. The zero-order valence-electron chi connectivity index (χ0n) is 10.2. The van der Waals surface area contributed by atoms with Gasteiger partial charge in [0.1, 0.15) is 5.82 Å². The molecule has 16 heavy (non-hydrogen) atoms. The Balaban J connectivity index is 2.17. The van der Waals surface area contributed by atoms with Crippen molar-refractivity contribution in [3.05, 3.63) is 23.9 Å². The lowest BCUT2D eigenvalue weighted by atomic mass is 9.93. The van der Waals surface area contributed by atoms with Gasteiger partial charge in [-0.25, -0.2) is 4.98 Å². The summed E-state index contributed by atoms with van der Waals surface area (Å²) in [5.41, 5.74) is 7.04. The van der Waals surface area contributed by atoms with Crippen molar-refractivity contribution in [2.24, 2.45) is 11.7 Å². The van der Waals surface area contributed by atoms with E-state index in [1.165, 1.54) is 18.4 Å². The molecule has 1 aliphatic heterocycles. The summed E-state index contributed by atoms with van der Waals surface area (Å²) in [5.74, 6) is 1.73. The second-order valence-electron chi connectivity index (χ2n) is 4.87. The number of piperidine rings is 1. The highest BCUT2D eigenvalue weighted by atomic mass is 15.2. The summed E-state index contributed by atoms with van der Waals surface area (Å²) in [7, 11) is 0. The molecule has 0 aromatic carbocycles. The lowest BCUT2D eigenvalue weighted by Crippen LogP contribution is -2.44. The predicted molar refractivity (Wildman–Crippen MR) is 67.6 cm³/mol. The molecule has 3 nitrogen and oxygen atoms in total. The van der Waals surface area contributed by atoms with Gasteiger partial charge in [-0.3, -0.25) is 0 Å². The number of hydrogen-bond donors (Lipinski definition) is 1. The maximum atomic E-state index is 5.77. The normalized spacial score (nSPS) is 25.8. The molecule has 1 aromatic heterocycles. The highest BCUT2D eigenvalue weighted by Crippen LogP contribution is 2.26. The van der Waals surface area contributed by atoms with Crippen molar-refractivity contribution in [2.45, 2.75) is 32.7 Å². The van der Waals surface area contributed by atoms with Crippen LogP contribution in [0.1, 0.15) is 25.3 Å². The van der Waals surface area contributed by atoms with E-state index < -0.39 is 0 Å². The van der Waals surface area contributed by atoms with E-state index in [1.54, 1.807) is 0 Å². The van der Waals surface area contributed by atoms with E-state index >= 15 is 0 Å². The molecular weight excluding hydrogens is 198 g/mol. The van der Waals surface area contributed by atoms with Gasteiger partial charge in [0.15, 0.2) is 0 Å². The Morgan fingerprint density at radius 3 is 3.00 bits per heavy atom. The van der Waals surface area contributed by atoms with Crippen LogP contribution in [0.4, 0.5) is 5.82 Å². The molecule has 1 saturated heterocycles. The monoisotopic (exact) mass is 219 g/mol. The third kappa shape index (κ3) is 2.35. The summed E-state index contributed by atoms with van der Waals surface area (Å²) in [6.45, 7) is 6.22. The summed E-state index contributed by atoms with van der Waals surface area (Å²) in [5, 5.41) is 0. The maximum absolute atomic E-state index is 5.77. The number of anilines is 1. The molecule has 0 aliphatic carbocycles. The van der Waals surface area contributed by atoms with E-state index in [9.17, 15) is 0 Å². The van der Waals surface area contributed by atoms with Gasteiger partial charge in [-0.1, -0.05) is 0 Å². The number of aryl methyl sites for hydroxylation is 1. The van der Waals surface area contributed by atoms with E-state index in [-0.39, 0.29) is 0 Å². The van der Waals surface area contributed by atoms with Crippen LogP contribution in [0, 0.1) is 12.8 Å². The standard InChI is InChI=1S/C13H21N3/c1-10-5-6-15-13(7-10)16-9-12(8-14)4-3-11(16)2/h5-7,11-12H,3-4,8-9,14H2,1-2H3. The molecule has 1 aromatic rings. The third-order valence-electron chi connectivity index (χ3n) is 3.51. The molecule has 2 heterocycles. The average molecular weight is 219 g/mol. The molecule has 1 fully saturated rings. The highest BCUT2D eigenvalue weighted by molar-refractivity contribution is 5.42. The fourth-order valence-electron chi connectivity index (χ4n) is 2.37. The molecule has 0 spiro atoms. The van der Waals surface area contributed by atoms with Gasteiger partial charge in [0.2, 0.25) is 0 Å². The van der Waals surface area contributed by atoms with Crippen LogP contribution >= 0.6 is 0 Å². The molecule has 2 atom stereocenters. The first-order valence-electron chi connectivity index (χ1n) is 6.10.